The van der Waals surface area contributed by atoms with E-state index in [2.05, 4.69) is 15.3 Å². The summed E-state index contributed by atoms with van der Waals surface area (Å²) in [7, 11) is -3.14. The van der Waals surface area contributed by atoms with Crippen LogP contribution in [0.25, 0.3) is 11.0 Å². The van der Waals surface area contributed by atoms with Crippen LogP contribution in [0, 0.1) is 11.7 Å². The summed E-state index contributed by atoms with van der Waals surface area (Å²) in [5, 5.41) is 3.22. The second-order valence-electron chi connectivity index (χ2n) is 7.74. The zero-order valence-electron chi connectivity index (χ0n) is 15.5. The third kappa shape index (κ3) is 3.05. The van der Waals surface area contributed by atoms with Gasteiger partial charge in [-0.15, -0.1) is 0 Å². The lowest BCUT2D eigenvalue weighted by molar-refractivity contribution is -0.127. The molecule has 1 fully saturated rings. The van der Waals surface area contributed by atoms with Crippen LogP contribution in [0.5, 0.6) is 0 Å². The molecule has 28 heavy (non-hydrogen) atoms. The number of pyridine rings is 1. The lowest BCUT2D eigenvalue weighted by Gasteiger charge is -2.36. The Hall–Kier alpha value is -2.49. The van der Waals surface area contributed by atoms with Crippen LogP contribution in [0.1, 0.15) is 36.2 Å². The van der Waals surface area contributed by atoms with Crippen molar-refractivity contribution in [3.8, 4) is 0 Å². The average molecular weight is 408 g/mol. The van der Waals surface area contributed by atoms with Crippen LogP contribution >= 0.6 is 0 Å². The molecular weight excluding hydrogens is 387 g/mol. The highest BCUT2D eigenvalue weighted by atomic mass is 32.2. The van der Waals surface area contributed by atoms with Crippen LogP contribution in [0.4, 0.5) is 4.39 Å². The molecule has 2 aliphatic heterocycles. The summed E-state index contributed by atoms with van der Waals surface area (Å²) in [6.07, 6.45) is 2.93. The van der Waals surface area contributed by atoms with E-state index in [4.69, 9.17) is 0 Å². The number of nitrogens with one attached hydrogen (secondary N) is 2. The molecule has 0 bridgehead atoms. The number of nitrogens with zero attached hydrogens (tertiary/aromatic N) is 2. The number of aromatic amines is 1. The van der Waals surface area contributed by atoms with Gasteiger partial charge in [0.15, 0.2) is 9.84 Å². The molecule has 0 aromatic carbocycles. The van der Waals surface area contributed by atoms with E-state index in [9.17, 15) is 22.4 Å². The summed E-state index contributed by atoms with van der Waals surface area (Å²) in [6.45, 7) is 3.55. The second kappa shape index (κ2) is 6.54. The van der Waals surface area contributed by atoms with Gasteiger partial charge in [-0.1, -0.05) is 13.8 Å². The Morgan fingerprint density at radius 1 is 1.43 bits per heavy atom. The quantitative estimate of drug-likeness (QED) is 0.783. The number of amides is 2. The number of halogens is 1. The molecule has 0 aliphatic carbocycles. The molecule has 2 amide bonds. The van der Waals surface area contributed by atoms with Gasteiger partial charge in [-0.05, 0) is 12.3 Å². The van der Waals surface area contributed by atoms with Crippen molar-refractivity contribution < 1.29 is 22.4 Å². The smallest absolute Gasteiger partial charge is 0.257 e. The molecule has 2 aromatic rings. The highest BCUT2D eigenvalue weighted by molar-refractivity contribution is 7.91. The van der Waals surface area contributed by atoms with E-state index >= 15 is 0 Å². The van der Waals surface area contributed by atoms with Crippen molar-refractivity contribution in [1.29, 1.82) is 0 Å². The average Bonchev–Trinajstić information content (AvgIpc) is 3.18. The minimum absolute atomic E-state index is 0.0415. The largest absolute Gasteiger partial charge is 0.351 e. The van der Waals surface area contributed by atoms with Crippen LogP contribution in [0.3, 0.4) is 0 Å². The number of hydrogen-bond acceptors (Lipinski definition) is 5. The Labute approximate surface area is 161 Å². The number of sulfone groups is 1. The van der Waals surface area contributed by atoms with Gasteiger partial charge < -0.3 is 15.2 Å². The minimum atomic E-state index is -3.14. The summed E-state index contributed by atoms with van der Waals surface area (Å²) in [5.74, 6) is -1.63. The molecule has 0 saturated carbocycles. The van der Waals surface area contributed by atoms with Crippen molar-refractivity contribution in [2.45, 2.75) is 38.9 Å². The van der Waals surface area contributed by atoms with Gasteiger partial charge in [0.25, 0.3) is 5.91 Å². The van der Waals surface area contributed by atoms with E-state index < -0.39 is 33.6 Å². The van der Waals surface area contributed by atoms with Gasteiger partial charge >= 0.3 is 0 Å². The highest BCUT2D eigenvalue weighted by Crippen LogP contribution is 2.32. The Bertz CT molecular complexity index is 1080. The van der Waals surface area contributed by atoms with E-state index in [1.807, 2.05) is 0 Å². The summed E-state index contributed by atoms with van der Waals surface area (Å²) in [4.78, 5) is 34.2. The molecule has 4 heterocycles. The molecule has 150 valence electrons. The van der Waals surface area contributed by atoms with E-state index in [0.29, 0.717) is 23.0 Å². The first kappa shape index (κ1) is 18.9. The molecule has 4 rings (SSSR count). The number of hydrogen-bond donors (Lipinski definition) is 2. The first-order valence-electron chi connectivity index (χ1n) is 9.14. The summed E-state index contributed by atoms with van der Waals surface area (Å²) < 4.78 is 37.7. The van der Waals surface area contributed by atoms with Crippen molar-refractivity contribution in [3.05, 3.63) is 29.3 Å². The first-order valence-corrected chi connectivity index (χ1v) is 11.0. The molecule has 2 aliphatic rings. The first-order chi connectivity index (χ1) is 13.2. The molecule has 2 N–H and O–H groups in total. The topological polar surface area (TPSA) is 112 Å². The molecule has 0 spiro atoms. The standard InChI is InChI=1S/C18H21FN4O4S/c1-9(2)15(17(24)22-10-3-4-28(26,27)8-10)23-7-12-13(19)6-21-16-14(12)11(5-20-16)18(23)25/h5-6,9-10,15H,3-4,7-8H2,1-2H3,(H,20,21)(H,22,24)/t10?,15-/m1/s1. The Balaban J connectivity index is 1.64. The molecular formula is C18H21FN4O4S. The lowest BCUT2D eigenvalue weighted by Crippen LogP contribution is -2.54. The van der Waals surface area contributed by atoms with Gasteiger partial charge in [0, 0.05) is 23.2 Å². The van der Waals surface area contributed by atoms with Gasteiger partial charge in [0.2, 0.25) is 5.91 Å². The van der Waals surface area contributed by atoms with Crippen molar-refractivity contribution in [2.24, 2.45) is 5.92 Å². The maximum atomic E-state index is 14.4. The highest BCUT2D eigenvalue weighted by Gasteiger charge is 2.40. The fourth-order valence-corrected chi connectivity index (χ4v) is 5.76. The van der Waals surface area contributed by atoms with E-state index in [0.717, 1.165) is 6.20 Å². The van der Waals surface area contributed by atoms with Crippen molar-refractivity contribution >= 4 is 32.7 Å². The summed E-state index contributed by atoms with van der Waals surface area (Å²) in [5.41, 5.74) is 1.04. The van der Waals surface area contributed by atoms with E-state index in [1.54, 1.807) is 13.8 Å². The van der Waals surface area contributed by atoms with Gasteiger partial charge in [-0.2, -0.15) is 0 Å². The minimum Gasteiger partial charge on any atom is -0.351 e. The zero-order chi connectivity index (χ0) is 20.2. The normalized spacial score (nSPS) is 22.1. The fourth-order valence-electron chi connectivity index (χ4n) is 4.08. The molecule has 10 heteroatoms. The van der Waals surface area contributed by atoms with Gasteiger partial charge in [-0.25, -0.2) is 17.8 Å². The van der Waals surface area contributed by atoms with Gasteiger partial charge in [0.05, 0.1) is 29.8 Å². The van der Waals surface area contributed by atoms with Crippen molar-refractivity contribution in [2.75, 3.05) is 11.5 Å². The summed E-state index contributed by atoms with van der Waals surface area (Å²) >= 11 is 0. The maximum absolute atomic E-state index is 14.4. The number of aromatic nitrogens is 2. The molecule has 2 aromatic heterocycles. The maximum Gasteiger partial charge on any atom is 0.257 e. The lowest BCUT2D eigenvalue weighted by atomic mass is 9.95. The predicted octanol–water partition coefficient (Wildman–Crippen LogP) is 0.986. The van der Waals surface area contributed by atoms with Gasteiger partial charge in [0.1, 0.15) is 17.5 Å². The van der Waals surface area contributed by atoms with E-state index in [1.165, 1.54) is 11.1 Å². The summed E-state index contributed by atoms with van der Waals surface area (Å²) in [6, 6.07) is -1.31. The monoisotopic (exact) mass is 408 g/mol. The third-order valence-corrected chi connectivity index (χ3v) is 7.16. The molecule has 1 unspecified atom stereocenters. The SMILES string of the molecule is CC(C)[C@H](C(=O)NC1CCS(=O)(=O)C1)N1Cc2c(F)cnc3[nH]cc(c23)C1=O. The second-order valence-corrected chi connectivity index (χ2v) is 9.97. The number of carbonyl (C=O) groups excluding carboxylic acids is 2. The molecule has 8 nitrogen and oxygen atoms in total. The number of carbonyl (C=O) groups is 2. The Morgan fingerprint density at radius 2 is 2.18 bits per heavy atom. The third-order valence-electron chi connectivity index (χ3n) is 5.39. The fraction of sp³-hybridized carbons (Fsp3) is 0.500. The van der Waals surface area contributed by atoms with Crippen LogP contribution in [-0.4, -0.2) is 58.7 Å². The molecule has 2 atom stereocenters. The Kier molecular flexibility index (Phi) is 4.40. The van der Waals surface area contributed by atoms with E-state index in [-0.39, 0.29) is 35.4 Å². The van der Waals surface area contributed by atoms with Crippen molar-refractivity contribution in [3.63, 3.8) is 0 Å². The van der Waals surface area contributed by atoms with Crippen LogP contribution in [0.15, 0.2) is 12.4 Å². The Morgan fingerprint density at radius 3 is 2.82 bits per heavy atom. The molecule has 1 saturated heterocycles. The number of H-pyrrole nitrogens is 1. The number of rotatable bonds is 4. The predicted molar refractivity (Wildman–Crippen MR) is 99.8 cm³/mol. The molecule has 0 radical (unpaired) electrons. The van der Waals surface area contributed by atoms with Crippen LogP contribution in [-0.2, 0) is 21.2 Å². The van der Waals surface area contributed by atoms with Crippen LogP contribution in [0.2, 0.25) is 0 Å². The zero-order valence-corrected chi connectivity index (χ0v) is 16.3. The van der Waals surface area contributed by atoms with Crippen molar-refractivity contribution in [1.82, 2.24) is 20.2 Å². The van der Waals surface area contributed by atoms with Gasteiger partial charge in [-0.3, -0.25) is 9.59 Å². The van der Waals surface area contributed by atoms with Crippen LogP contribution < -0.4 is 5.32 Å².